The predicted octanol–water partition coefficient (Wildman–Crippen LogP) is 4.48. The number of carbonyl (C=O) groups is 2. The second-order valence-electron chi connectivity index (χ2n) is 7.00. The van der Waals surface area contributed by atoms with E-state index in [1.54, 1.807) is 25.1 Å². The maximum Gasteiger partial charge on any atom is 0.251 e. The Labute approximate surface area is 171 Å². The average Bonchev–Trinajstić information content (AvgIpc) is 3.13. The highest BCUT2D eigenvalue weighted by atomic mass is 35.5. The molecular weight excluding hydrogens is 395 g/mol. The molecule has 1 aliphatic rings. The Balaban J connectivity index is 1.58. The van der Waals surface area contributed by atoms with E-state index in [1.807, 2.05) is 19.1 Å². The molecule has 0 saturated heterocycles. The van der Waals surface area contributed by atoms with Crippen molar-refractivity contribution in [3.05, 3.63) is 64.6 Å². The van der Waals surface area contributed by atoms with Crippen molar-refractivity contribution in [3.63, 3.8) is 0 Å². The van der Waals surface area contributed by atoms with E-state index in [0.717, 1.165) is 22.4 Å². The van der Waals surface area contributed by atoms with Crippen molar-refractivity contribution in [3.8, 4) is 11.1 Å². The van der Waals surface area contributed by atoms with Crippen LogP contribution >= 0.6 is 11.6 Å². The second kappa shape index (κ2) is 7.33. The van der Waals surface area contributed by atoms with Crippen molar-refractivity contribution in [1.82, 2.24) is 9.78 Å². The number of nitrogens with zero attached hydrogens (tertiary/aromatic N) is 2. The highest BCUT2D eigenvalue weighted by Gasteiger charge is 2.36. The Bertz CT molecular complexity index is 1120. The summed E-state index contributed by atoms with van der Waals surface area (Å²) in [6.07, 6.45) is -0.159. The van der Waals surface area contributed by atoms with Crippen molar-refractivity contribution in [2.24, 2.45) is 0 Å². The molecule has 148 valence electrons. The van der Waals surface area contributed by atoms with Gasteiger partial charge < -0.3 is 10.6 Å². The summed E-state index contributed by atoms with van der Waals surface area (Å²) >= 11 is 5.96. The summed E-state index contributed by atoms with van der Waals surface area (Å²) in [5.41, 5.74) is 3.19. The Morgan fingerprint density at radius 1 is 1.24 bits per heavy atom. The van der Waals surface area contributed by atoms with Gasteiger partial charge >= 0.3 is 0 Å². The molecule has 0 bridgehead atoms. The number of nitrogens with one attached hydrogen (secondary N) is 2. The number of carbonyl (C=O) groups excluding carboxylic acids is 2. The van der Waals surface area contributed by atoms with Crippen LogP contribution in [0.15, 0.2) is 42.5 Å². The SMILES string of the molecule is Cc1ccc(NC(=O)CC2C(=O)Nc3c(-c4ccc(Cl)cc4)c(C)nn32)c(F)c1. The zero-order valence-electron chi connectivity index (χ0n) is 15.8. The van der Waals surface area contributed by atoms with Gasteiger partial charge in [0, 0.05) is 10.6 Å². The van der Waals surface area contributed by atoms with E-state index in [0.29, 0.717) is 10.8 Å². The molecule has 1 unspecified atom stereocenters. The maximum atomic E-state index is 14.0. The van der Waals surface area contributed by atoms with E-state index in [-0.39, 0.29) is 18.0 Å². The van der Waals surface area contributed by atoms with E-state index in [1.165, 1.54) is 16.8 Å². The second-order valence-corrected chi connectivity index (χ2v) is 7.44. The highest BCUT2D eigenvalue weighted by molar-refractivity contribution is 6.30. The largest absolute Gasteiger partial charge is 0.324 e. The quantitative estimate of drug-likeness (QED) is 0.663. The van der Waals surface area contributed by atoms with E-state index in [2.05, 4.69) is 15.7 Å². The fraction of sp³-hybridized carbons (Fsp3) is 0.190. The minimum absolute atomic E-state index is 0.0812. The van der Waals surface area contributed by atoms with Crippen molar-refractivity contribution in [2.45, 2.75) is 26.3 Å². The minimum Gasteiger partial charge on any atom is -0.324 e. The highest BCUT2D eigenvalue weighted by Crippen LogP contribution is 2.38. The van der Waals surface area contributed by atoms with Gasteiger partial charge in [0.15, 0.2) is 0 Å². The van der Waals surface area contributed by atoms with Gasteiger partial charge in [0.05, 0.1) is 17.8 Å². The maximum absolute atomic E-state index is 14.0. The molecule has 0 saturated carbocycles. The van der Waals surface area contributed by atoms with Crippen molar-refractivity contribution in [1.29, 1.82) is 0 Å². The summed E-state index contributed by atoms with van der Waals surface area (Å²) in [4.78, 5) is 24.9. The van der Waals surface area contributed by atoms with E-state index < -0.39 is 17.8 Å². The van der Waals surface area contributed by atoms with Crippen LogP contribution in [0.3, 0.4) is 0 Å². The van der Waals surface area contributed by atoms with Gasteiger partial charge in [-0.2, -0.15) is 5.10 Å². The third-order valence-electron chi connectivity index (χ3n) is 4.84. The summed E-state index contributed by atoms with van der Waals surface area (Å²) < 4.78 is 15.5. The summed E-state index contributed by atoms with van der Waals surface area (Å²) in [6, 6.07) is 11.0. The number of rotatable bonds is 4. The molecule has 1 aromatic heterocycles. The number of aryl methyl sites for hydroxylation is 2. The molecule has 0 radical (unpaired) electrons. The zero-order valence-corrected chi connectivity index (χ0v) is 16.5. The van der Waals surface area contributed by atoms with Crippen molar-refractivity contribution >= 4 is 34.9 Å². The minimum atomic E-state index is -0.807. The van der Waals surface area contributed by atoms with Gasteiger partial charge in [-0.05, 0) is 49.2 Å². The van der Waals surface area contributed by atoms with Crippen molar-refractivity contribution in [2.75, 3.05) is 10.6 Å². The van der Waals surface area contributed by atoms with Gasteiger partial charge in [0.2, 0.25) is 5.91 Å². The lowest BCUT2D eigenvalue weighted by molar-refractivity contribution is -0.123. The van der Waals surface area contributed by atoms with Crippen LogP contribution in [0.5, 0.6) is 0 Å². The van der Waals surface area contributed by atoms with Gasteiger partial charge in [-0.15, -0.1) is 0 Å². The first-order valence-corrected chi connectivity index (χ1v) is 9.43. The Morgan fingerprint density at radius 3 is 2.66 bits per heavy atom. The molecule has 6 nitrogen and oxygen atoms in total. The third kappa shape index (κ3) is 3.61. The Morgan fingerprint density at radius 2 is 1.97 bits per heavy atom. The Kier molecular flexibility index (Phi) is 4.84. The van der Waals surface area contributed by atoms with E-state index >= 15 is 0 Å². The number of halogens is 2. The number of hydrogen-bond donors (Lipinski definition) is 2. The van der Waals surface area contributed by atoms with E-state index in [4.69, 9.17) is 11.6 Å². The summed E-state index contributed by atoms with van der Waals surface area (Å²) in [5.74, 6) is -0.784. The summed E-state index contributed by atoms with van der Waals surface area (Å²) in [7, 11) is 0. The summed E-state index contributed by atoms with van der Waals surface area (Å²) in [5, 5.41) is 10.4. The standard InChI is InChI=1S/C21H18ClFN4O2/c1-11-3-8-16(15(23)9-11)24-18(28)10-17-21(29)25-20-19(12(2)26-27(17)20)13-4-6-14(22)7-5-13/h3-9,17H,10H2,1-2H3,(H,24,28)(H,25,29). The molecule has 3 aromatic rings. The van der Waals surface area contributed by atoms with Crippen LogP contribution in [0, 0.1) is 19.7 Å². The van der Waals surface area contributed by atoms with Crippen LogP contribution in [-0.4, -0.2) is 21.6 Å². The number of anilines is 2. The zero-order chi connectivity index (χ0) is 20.7. The lowest BCUT2D eigenvalue weighted by atomic mass is 10.1. The smallest absolute Gasteiger partial charge is 0.251 e. The monoisotopic (exact) mass is 412 g/mol. The molecule has 2 amide bonds. The normalized spacial score (nSPS) is 15.2. The fourth-order valence-electron chi connectivity index (χ4n) is 3.44. The predicted molar refractivity (Wildman–Crippen MR) is 109 cm³/mol. The molecule has 2 N–H and O–H groups in total. The molecule has 29 heavy (non-hydrogen) atoms. The van der Waals surface area contributed by atoms with Crippen LogP contribution in [0.1, 0.15) is 23.7 Å². The first kappa shape index (κ1) is 19.1. The third-order valence-corrected chi connectivity index (χ3v) is 5.09. The van der Waals surface area contributed by atoms with Gasteiger partial charge in [-0.3, -0.25) is 9.59 Å². The van der Waals surface area contributed by atoms with E-state index in [9.17, 15) is 14.0 Å². The average molecular weight is 413 g/mol. The number of aromatic nitrogens is 2. The lowest BCUT2D eigenvalue weighted by Crippen LogP contribution is -2.24. The number of benzene rings is 2. The number of hydrogen-bond acceptors (Lipinski definition) is 3. The van der Waals surface area contributed by atoms with Crippen LogP contribution in [-0.2, 0) is 9.59 Å². The van der Waals surface area contributed by atoms with Crippen LogP contribution in [0.4, 0.5) is 15.9 Å². The molecule has 0 aliphatic carbocycles. The van der Waals surface area contributed by atoms with Gasteiger partial charge in [-0.25, -0.2) is 9.07 Å². The molecular formula is C21H18ClFN4O2. The van der Waals surface area contributed by atoms with Gasteiger partial charge in [0.1, 0.15) is 17.7 Å². The topological polar surface area (TPSA) is 76.0 Å². The van der Waals surface area contributed by atoms with Crippen LogP contribution < -0.4 is 10.6 Å². The van der Waals surface area contributed by atoms with Crippen molar-refractivity contribution < 1.29 is 14.0 Å². The summed E-state index contributed by atoms with van der Waals surface area (Å²) in [6.45, 7) is 3.59. The first-order chi connectivity index (χ1) is 13.8. The van der Waals surface area contributed by atoms with Crippen LogP contribution in [0.25, 0.3) is 11.1 Å². The number of fused-ring (bicyclic) bond motifs is 1. The molecule has 4 rings (SSSR count). The van der Waals surface area contributed by atoms with Crippen LogP contribution in [0.2, 0.25) is 5.02 Å². The molecule has 0 fully saturated rings. The van der Waals surface area contributed by atoms with Gasteiger partial charge in [-0.1, -0.05) is 29.8 Å². The fourth-order valence-corrected chi connectivity index (χ4v) is 3.57. The Hall–Kier alpha value is -3.19. The molecule has 0 spiro atoms. The molecule has 2 heterocycles. The molecule has 1 atom stereocenters. The molecule has 8 heteroatoms. The number of amides is 2. The van der Waals surface area contributed by atoms with Gasteiger partial charge in [0.25, 0.3) is 5.91 Å². The molecule has 1 aliphatic heterocycles. The lowest BCUT2D eigenvalue weighted by Gasteiger charge is -2.11. The molecule has 2 aromatic carbocycles. The first-order valence-electron chi connectivity index (χ1n) is 9.05.